The summed E-state index contributed by atoms with van der Waals surface area (Å²) in [6.07, 6.45) is -4.10. The average Bonchev–Trinajstić information content (AvgIpc) is 3.80. The lowest BCUT2D eigenvalue weighted by Gasteiger charge is -2.40. The van der Waals surface area contributed by atoms with Crippen molar-refractivity contribution in [2.75, 3.05) is 28.3 Å². The second kappa shape index (κ2) is 26.7. The number of methoxy groups -OCH3 is 2. The number of fused-ring (bicyclic) bond motifs is 1. The number of rotatable bonds is 22. The lowest BCUT2D eigenvalue weighted by atomic mass is 9.88. The SMILES string of the molecule is CC[C@H](C)[C@@H]([C@@H](CC(=O)C1CC[C@@H]([C@H](OC)[C@@H](C)C(=O)N[C@@H](Cc2ccccc2)C(=O)N2Cc3ccccc3CO2)N1)OC)N(C)C(=O)[C@@H](NC(=O)[C@@H](NC)C(C)C)C(C)C.O=C(O)C(F)(F)F. The van der Waals surface area contributed by atoms with E-state index in [0.29, 0.717) is 12.8 Å². The van der Waals surface area contributed by atoms with Gasteiger partial charge in [0.05, 0.1) is 42.8 Å². The smallest absolute Gasteiger partial charge is 0.475 e. The molecular weight excluding hydrogens is 890 g/mol. The van der Waals surface area contributed by atoms with Gasteiger partial charge in [0.1, 0.15) is 18.7 Å². The molecule has 0 aromatic heterocycles. The molecule has 19 heteroatoms. The first-order valence-corrected chi connectivity index (χ1v) is 23.2. The van der Waals surface area contributed by atoms with Crippen molar-refractivity contribution in [1.82, 2.24) is 31.2 Å². The maximum atomic E-state index is 14.2. The molecule has 5 N–H and O–H groups in total. The van der Waals surface area contributed by atoms with Crippen LogP contribution in [0.15, 0.2) is 54.6 Å². The molecule has 0 saturated carbocycles. The molecule has 1 saturated heterocycles. The van der Waals surface area contributed by atoms with Gasteiger partial charge in [0, 0.05) is 40.2 Å². The van der Waals surface area contributed by atoms with E-state index in [1.807, 2.05) is 96.1 Å². The number of alkyl halides is 3. The van der Waals surface area contributed by atoms with Crippen LogP contribution >= 0.6 is 0 Å². The zero-order chi connectivity index (χ0) is 51.0. The lowest BCUT2D eigenvalue weighted by Crippen LogP contribution is -2.59. The van der Waals surface area contributed by atoms with E-state index >= 15 is 0 Å². The Balaban J connectivity index is 0.00000162. The topological polar surface area (TPSA) is 205 Å². The average molecular weight is 963 g/mol. The lowest BCUT2D eigenvalue weighted by molar-refractivity contribution is -0.203. The number of aliphatic carboxylic acids is 1. The monoisotopic (exact) mass is 963 g/mol. The number of hydroxylamine groups is 2. The van der Waals surface area contributed by atoms with Crippen molar-refractivity contribution < 1.29 is 61.4 Å². The molecule has 1 fully saturated rings. The van der Waals surface area contributed by atoms with E-state index in [0.717, 1.165) is 23.1 Å². The predicted molar refractivity (Wildman–Crippen MR) is 248 cm³/mol. The first-order valence-electron chi connectivity index (χ1n) is 23.2. The number of carbonyl (C=O) groups is 6. The third-order valence-corrected chi connectivity index (χ3v) is 12.9. The van der Waals surface area contributed by atoms with Crippen molar-refractivity contribution >= 4 is 35.4 Å². The Kier molecular flexibility index (Phi) is 22.5. The predicted octanol–water partition coefficient (Wildman–Crippen LogP) is 4.83. The van der Waals surface area contributed by atoms with Crippen molar-refractivity contribution in [2.24, 2.45) is 23.7 Å². The van der Waals surface area contributed by atoms with Gasteiger partial charge >= 0.3 is 12.1 Å². The molecule has 2 aliphatic heterocycles. The number of ether oxygens (including phenoxy) is 2. The van der Waals surface area contributed by atoms with Crippen LogP contribution in [0.1, 0.15) is 90.8 Å². The molecule has 16 nitrogen and oxygen atoms in total. The van der Waals surface area contributed by atoms with Gasteiger partial charge in [-0.15, -0.1) is 0 Å². The number of nitrogens with zero attached hydrogens (tertiary/aromatic N) is 2. The second-order valence-corrected chi connectivity index (χ2v) is 18.4. The molecule has 4 rings (SSSR count). The van der Waals surface area contributed by atoms with E-state index in [9.17, 15) is 37.1 Å². The fraction of sp³-hybridized carbons (Fsp3) is 0.633. The zero-order valence-corrected chi connectivity index (χ0v) is 41.2. The number of benzene rings is 2. The van der Waals surface area contributed by atoms with Crippen LogP contribution in [0, 0.1) is 23.7 Å². The van der Waals surface area contributed by atoms with E-state index in [1.165, 1.54) is 5.06 Å². The van der Waals surface area contributed by atoms with Crippen LogP contribution in [-0.4, -0.2) is 133 Å². The van der Waals surface area contributed by atoms with Crippen molar-refractivity contribution in [2.45, 2.75) is 148 Å². The number of carboxylic acids is 1. The third-order valence-electron chi connectivity index (χ3n) is 12.9. The molecule has 2 aromatic carbocycles. The van der Waals surface area contributed by atoms with Gasteiger partial charge < -0.3 is 40.7 Å². The molecule has 0 spiro atoms. The van der Waals surface area contributed by atoms with Crippen LogP contribution in [0.5, 0.6) is 0 Å². The minimum absolute atomic E-state index is 0.0210. The van der Waals surface area contributed by atoms with Crippen molar-refractivity contribution in [1.29, 1.82) is 0 Å². The van der Waals surface area contributed by atoms with Crippen LogP contribution in [0.25, 0.3) is 0 Å². The van der Waals surface area contributed by atoms with Gasteiger partial charge in [0.2, 0.25) is 17.7 Å². The quantitative estimate of drug-likeness (QED) is 0.108. The molecule has 2 aromatic rings. The molecule has 0 aliphatic carbocycles. The minimum atomic E-state index is -5.08. The summed E-state index contributed by atoms with van der Waals surface area (Å²) in [7, 11) is 6.57. The fourth-order valence-corrected chi connectivity index (χ4v) is 8.83. The molecule has 68 heavy (non-hydrogen) atoms. The highest BCUT2D eigenvalue weighted by atomic mass is 19.4. The normalized spacial score (nSPS) is 19.5. The number of carboxylic acid groups (broad SMARTS) is 1. The molecule has 2 aliphatic rings. The molecule has 380 valence electrons. The molecule has 2 heterocycles. The first-order chi connectivity index (χ1) is 32.0. The Morgan fingerprint density at radius 3 is 1.99 bits per heavy atom. The summed E-state index contributed by atoms with van der Waals surface area (Å²) in [5.74, 6) is -4.83. The molecule has 0 bridgehead atoms. The standard InChI is InChI=1S/C47H72N6O8.C2HF3O2/c1-12-30(6)42(52(9)47(58)41(29(4)5)51-45(56)40(48-8)28(2)3)39(59-10)25-38(54)35-22-23-36(49-35)43(60-11)31(7)44(55)50-37(24-32-18-14-13-15-19-32)46(57)53-26-33-20-16-17-21-34(33)27-61-53;3-2(4,5)1(6)7/h13-21,28-31,35-37,39-43,48-49H,12,22-27H2,1-11H3,(H,50,55)(H,51,56);(H,6,7)/t30-,31+,35?,36-,37-,39+,40-,41-,42-,43+;/m0./s1. The van der Waals surface area contributed by atoms with Crippen LogP contribution in [-0.2, 0) is 62.7 Å². The summed E-state index contributed by atoms with van der Waals surface area (Å²) in [4.78, 5) is 86.0. The number of hydrogen-bond donors (Lipinski definition) is 5. The second-order valence-electron chi connectivity index (χ2n) is 18.4. The molecule has 10 atom stereocenters. The number of ketones is 1. The Morgan fingerprint density at radius 2 is 1.46 bits per heavy atom. The summed E-state index contributed by atoms with van der Waals surface area (Å²) in [6, 6.07) is 14.0. The third kappa shape index (κ3) is 15.8. The minimum Gasteiger partial charge on any atom is -0.475 e. The largest absolute Gasteiger partial charge is 0.490 e. The maximum Gasteiger partial charge on any atom is 0.490 e. The number of nitrogens with one attached hydrogen (secondary N) is 4. The Hall–Kier alpha value is -4.95. The highest BCUT2D eigenvalue weighted by Gasteiger charge is 2.43. The molecule has 1 unspecified atom stereocenters. The Labute approximate surface area is 398 Å². The number of carbonyl (C=O) groups excluding carboxylic acids is 5. The molecule has 4 amide bonds. The van der Waals surface area contributed by atoms with Gasteiger partial charge in [0.25, 0.3) is 5.91 Å². The number of Topliss-reactive ketones (excluding diaryl/α,β-unsaturated/α-hetero) is 1. The number of halogens is 3. The number of likely N-dealkylation sites (N-methyl/N-ethyl adjacent to an activating group) is 2. The van der Waals surface area contributed by atoms with E-state index in [4.69, 9.17) is 24.2 Å². The van der Waals surface area contributed by atoms with Gasteiger partial charge in [-0.1, -0.05) is 109 Å². The first kappa shape index (κ1) is 57.4. The highest BCUT2D eigenvalue weighted by molar-refractivity contribution is 5.91. The highest BCUT2D eigenvalue weighted by Crippen LogP contribution is 2.28. The Bertz CT molecular complexity index is 1970. The van der Waals surface area contributed by atoms with Gasteiger partial charge in [-0.3, -0.25) is 28.8 Å². The van der Waals surface area contributed by atoms with Gasteiger partial charge in [0.15, 0.2) is 5.78 Å². The Morgan fingerprint density at radius 1 is 0.868 bits per heavy atom. The van der Waals surface area contributed by atoms with Crippen LogP contribution in [0.3, 0.4) is 0 Å². The molecule has 0 radical (unpaired) electrons. The molecular formula is C49H73F3N6O10. The van der Waals surface area contributed by atoms with Gasteiger partial charge in [-0.25, -0.2) is 9.86 Å². The van der Waals surface area contributed by atoms with E-state index < -0.39 is 60.5 Å². The van der Waals surface area contributed by atoms with Crippen molar-refractivity contribution in [3.8, 4) is 0 Å². The van der Waals surface area contributed by atoms with Crippen molar-refractivity contribution in [3.63, 3.8) is 0 Å². The number of hydrogen-bond acceptors (Lipinski definition) is 11. The summed E-state index contributed by atoms with van der Waals surface area (Å²) in [5, 5.41) is 21.0. The van der Waals surface area contributed by atoms with Crippen LogP contribution < -0.4 is 21.3 Å². The van der Waals surface area contributed by atoms with Gasteiger partial charge in [-0.05, 0) is 54.3 Å². The maximum absolute atomic E-state index is 14.2. The fourth-order valence-electron chi connectivity index (χ4n) is 8.83. The van der Waals surface area contributed by atoms with E-state index in [-0.39, 0.29) is 79.2 Å². The van der Waals surface area contributed by atoms with Crippen LogP contribution in [0.4, 0.5) is 13.2 Å². The summed E-state index contributed by atoms with van der Waals surface area (Å²) < 4.78 is 43.7. The van der Waals surface area contributed by atoms with E-state index in [1.54, 1.807) is 40.1 Å². The van der Waals surface area contributed by atoms with E-state index in [2.05, 4.69) is 21.3 Å². The zero-order valence-electron chi connectivity index (χ0n) is 41.2. The summed E-state index contributed by atoms with van der Waals surface area (Å²) >= 11 is 0. The summed E-state index contributed by atoms with van der Waals surface area (Å²) in [6.45, 7) is 14.1. The number of amides is 4. The van der Waals surface area contributed by atoms with Gasteiger partial charge in [-0.2, -0.15) is 13.2 Å². The summed E-state index contributed by atoms with van der Waals surface area (Å²) in [5.41, 5.74) is 2.91. The van der Waals surface area contributed by atoms with Crippen molar-refractivity contribution in [3.05, 3.63) is 71.3 Å². The van der Waals surface area contributed by atoms with Crippen LogP contribution in [0.2, 0.25) is 0 Å².